The number of hydrogen-bond donors (Lipinski definition) is 1. The van der Waals surface area contributed by atoms with Gasteiger partial charge in [0, 0.05) is 28.7 Å². The van der Waals surface area contributed by atoms with E-state index >= 15 is 0 Å². The molecule has 0 bridgehead atoms. The highest BCUT2D eigenvalue weighted by Crippen LogP contribution is 2.51. The monoisotopic (exact) mass is 619 g/mol. The summed E-state index contributed by atoms with van der Waals surface area (Å²) < 4.78 is 10.8. The Kier molecular flexibility index (Phi) is 10.5. The molecule has 0 unspecified atom stereocenters. The average Bonchev–Trinajstić information content (AvgIpc) is 3.32. The number of rotatable bonds is 14. The van der Waals surface area contributed by atoms with Crippen LogP contribution in [0.15, 0.2) is 65.5 Å². The number of hydrogen-bond acceptors (Lipinski definition) is 6. The van der Waals surface area contributed by atoms with E-state index in [0.717, 1.165) is 70.2 Å². The van der Waals surface area contributed by atoms with Crippen LogP contribution in [0.4, 0.5) is 0 Å². The molecule has 238 valence electrons. The highest BCUT2D eigenvalue weighted by atomic mass is 16.5. The van der Waals surface area contributed by atoms with E-state index in [1.165, 1.54) is 0 Å². The molecule has 0 aromatic heterocycles. The van der Waals surface area contributed by atoms with Crippen LogP contribution in [0.5, 0.6) is 5.75 Å². The molecule has 0 atom stereocenters. The second-order valence-corrected chi connectivity index (χ2v) is 12.1. The lowest BCUT2D eigenvalue weighted by molar-refractivity contribution is -0.144. The van der Waals surface area contributed by atoms with Crippen molar-refractivity contribution in [3.8, 4) is 50.3 Å². The predicted octanol–water partition coefficient (Wildman–Crippen LogP) is 8.62. The Morgan fingerprint density at radius 1 is 0.696 bits per heavy atom. The van der Waals surface area contributed by atoms with E-state index in [1.54, 1.807) is 0 Å². The second kappa shape index (κ2) is 14.7. The molecule has 4 aliphatic rings. The molecule has 0 saturated carbocycles. The molecule has 1 aromatic rings. The van der Waals surface area contributed by atoms with Crippen molar-refractivity contribution in [3.63, 3.8) is 0 Å². The molecule has 0 amide bonds. The van der Waals surface area contributed by atoms with Crippen LogP contribution in [0.1, 0.15) is 74.6 Å². The third-order valence-corrected chi connectivity index (χ3v) is 8.77. The standard InChI is InChI=1S/C40H42O6/c1-5-7-21-45-31(41)19-17-27-13-9-11-15-29-23-25(3)33(35(27)29)37-39(43)38(40(37)44)34-26(4)24-30-16-12-10-14-28(36(30)34)18-20-32(42)46-22-8-6-2/h9-16,23-24H,5-8,17-22H2,1-4H3/p+1. The van der Waals surface area contributed by atoms with Crippen LogP contribution in [0.3, 0.4) is 0 Å². The number of aromatic hydroxyl groups is 1. The van der Waals surface area contributed by atoms with Gasteiger partial charge in [-0.1, -0.05) is 75.2 Å². The first-order chi connectivity index (χ1) is 22.3. The van der Waals surface area contributed by atoms with Gasteiger partial charge in [-0.3, -0.25) is 14.4 Å². The summed E-state index contributed by atoms with van der Waals surface area (Å²) in [6.07, 6.45) is 4.95. The van der Waals surface area contributed by atoms with Gasteiger partial charge in [0.15, 0.2) is 5.56 Å². The number of ether oxygens (including phenoxy) is 2. The molecule has 0 saturated heterocycles. The second-order valence-electron chi connectivity index (χ2n) is 12.1. The zero-order valence-electron chi connectivity index (χ0n) is 27.3. The van der Waals surface area contributed by atoms with Gasteiger partial charge in [0.25, 0.3) is 5.43 Å². The molecule has 1 aromatic carbocycles. The summed E-state index contributed by atoms with van der Waals surface area (Å²) in [4.78, 5) is 39.1. The number of aryl methyl sites for hydroxylation is 4. The van der Waals surface area contributed by atoms with Gasteiger partial charge in [-0.15, -0.1) is 0 Å². The fourth-order valence-corrected chi connectivity index (χ4v) is 6.43. The number of unbranched alkanes of at least 4 members (excludes halogenated alkanes) is 2. The minimum absolute atomic E-state index is 0.0240. The van der Waals surface area contributed by atoms with E-state index in [-0.39, 0.29) is 36.0 Å². The Morgan fingerprint density at radius 3 is 1.74 bits per heavy atom. The van der Waals surface area contributed by atoms with Gasteiger partial charge in [0.2, 0.25) is 5.75 Å². The molecule has 0 aliphatic heterocycles. The minimum Gasteiger partial charge on any atom is -0.494 e. The largest absolute Gasteiger partial charge is 0.494 e. The Morgan fingerprint density at radius 2 is 1.20 bits per heavy atom. The Hall–Kier alpha value is -4.58. The van der Waals surface area contributed by atoms with Crippen molar-refractivity contribution in [2.75, 3.05) is 13.2 Å². The van der Waals surface area contributed by atoms with Crippen molar-refractivity contribution < 1.29 is 24.2 Å². The molecule has 1 N–H and O–H groups in total. The molecule has 0 fully saturated rings. The van der Waals surface area contributed by atoms with Crippen molar-refractivity contribution in [1.29, 1.82) is 0 Å². The molecule has 4 aliphatic carbocycles. The normalized spacial score (nSPS) is 11.4. The lowest BCUT2D eigenvalue weighted by Crippen LogP contribution is -2.16. The highest BCUT2D eigenvalue weighted by molar-refractivity contribution is 6.03. The van der Waals surface area contributed by atoms with E-state index in [2.05, 4.69) is 13.8 Å². The lowest BCUT2D eigenvalue weighted by atomic mass is 9.84. The van der Waals surface area contributed by atoms with Gasteiger partial charge in [-0.25, -0.2) is 0 Å². The van der Waals surface area contributed by atoms with Crippen LogP contribution < -0.4 is 5.43 Å². The van der Waals surface area contributed by atoms with Crippen LogP contribution in [0, 0.1) is 13.8 Å². The maximum absolute atomic E-state index is 14.2. The summed E-state index contributed by atoms with van der Waals surface area (Å²) in [6.45, 7) is 8.84. The first-order valence-corrected chi connectivity index (χ1v) is 16.5. The van der Waals surface area contributed by atoms with Gasteiger partial charge in [0.05, 0.1) is 30.8 Å². The summed E-state index contributed by atoms with van der Waals surface area (Å²) in [5, 5.41) is 11.7. The maximum atomic E-state index is 14.2. The molecule has 5 rings (SSSR count). The summed E-state index contributed by atoms with van der Waals surface area (Å²) in [6, 6.07) is 19.8. The summed E-state index contributed by atoms with van der Waals surface area (Å²) in [5.74, 6) is -0.511. The van der Waals surface area contributed by atoms with Gasteiger partial charge < -0.3 is 14.6 Å². The van der Waals surface area contributed by atoms with Gasteiger partial charge in [0.1, 0.15) is 5.56 Å². The van der Waals surface area contributed by atoms with Crippen LogP contribution >= 0.6 is 0 Å². The van der Waals surface area contributed by atoms with Crippen LogP contribution in [-0.4, -0.2) is 30.3 Å². The maximum Gasteiger partial charge on any atom is 0.306 e. The topological polar surface area (TPSA) is 89.9 Å². The quantitative estimate of drug-likeness (QED) is 0.0760. The number of carbonyl (C=O) groups is 2. The summed E-state index contributed by atoms with van der Waals surface area (Å²) >= 11 is 0. The van der Waals surface area contributed by atoms with E-state index in [1.807, 2.05) is 74.5 Å². The molecular weight excluding hydrogens is 576 g/mol. The third-order valence-electron chi connectivity index (χ3n) is 8.77. The van der Waals surface area contributed by atoms with E-state index in [9.17, 15) is 19.5 Å². The molecule has 46 heavy (non-hydrogen) atoms. The van der Waals surface area contributed by atoms with Gasteiger partial charge in [-0.05, 0) is 73.9 Å². The SMILES string of the molecule is CCCCOC(=O)CCc1ccccc2cc(C)c(-c3c(O)[c+](-c4c(C)cc5ccccc(CCC(=O)OCCCC)c4-5)c3=O)c1-2. The van der Waals surface area contributed by atoms with Crippen LogP contribution in [-0.2, 0) is 31.9 Å². The number of carbonyl (C=O) groups excluding carboxylic acids is 2. The number of fused-ring (bicyclic) bond motifs is 2. The zero-order chi connectivity index (χ0) is 32.8. The Bertz CT molecular complexity index is 1680. The Labute approximate surface area is 271 Å². The predicted molar refractivity (Wildman–Crippen MR) is 183 cm³/mol. The van der Waals surface area contributed by atoms with E-state index in [4.69, 9.17) is 9.47 Å². The molecule has 0 spiro atoms. The molecular formula is C40H43O6+. The zero-order valence-corrected chi connectivity index (χ0v) is 27.3. The highest BCUT2D eigenvalue weighted by Gasteiger charge is 2.39. The molecule has 0 heterocycles. The van der Waals surface area contributed by atoms with Gasteiger partial charge in [-0.2, -0.15) is 0 Å². The minimum atomic E-state index is -0.243. The fourth-order valence-electron chi connectivity index (χ4n) is 6.43. The van der Waals surface area contributed by atoms with Crippen molar-refractivity contribution in [1.82, 2.24) is 0 Å². The molecule has 6 heteroatoms. The lowest BCUT2D eigenvalue weighted by Gasteiger charge is -2.14. The van der Waals surface area contributed by atoms with Crippen LogP contribution in [0.2, 0.25) is 0 Å². The summed E-state index contributed by atoms with van der Waals surface area (Å²) in [7, 11) is 0. The first-order valence-electron chi connectivity index (χ1n) is 16.5. The average molecular weight is 620 g/mol. The summed E-state index contributed by atoms with van der Waals surface area (Å²) in [5.41, 5.74) is 9.07. The molecule has 6 nitrogen and oxygen atoms in total. The smallest absolute Gasteiger partial charge is 0.306 e. The first kappa shape index (κ1) is 32.8. The van der Waals surface area contributed by atoms with Crippen molar-refractivity contribution in [2.24, 2.45) is 0 Å². The number of esters is 2. The fraction of sp³-hybridized carbons (Fsp3) is 0.350. The van der Waals surface area contributed by atoms with Gasteiger partial charge >= 0.3 is 11.9 Å². The van der Waals surface area contributed by atoms with E-state index < -0.39 is 0 Å². The Balaban J connectivity index is 1.53. The third kappa shape index (κ3) is 6.67. The van der Waals surface area contributed by atoms with Crippen molar-refractivity contribution in [2.45, 2.75) is 79.1 Å². The van der Waals surface area contributed by atoms with Crippen molar-refractivity contribution in [3.05, 3.63) is 93.1 Å². The van der Waals surface area contributed by atoms with E-state index in [0.29, 0.717) is 48.3 Å². The van der Waals surface area contributed by atoms with Crippen LogP contribution in [0.25, 0.3) is 44.5 Å². The van der Waals surface area contributed by atoms with Crippen molar-refractivity contribution >= 4 is 11.9 Å². The molecule has 0 radical (unpaired) electrons.